The largest absolute Gasteiger partial charge is 0.480 e. The summed E-state index contributed by atoms with van der Waals surface area (Å²) in [5, 5.41) is 13.6. The van der Waals surface area contributed by atoms with E-state index >= 15 is 0 Å². The van der Waals surface area contributed by atoms with Gasteiger partial charge in [0.05, 0.1) is 12.6 Å². The first-order valence-corrected chi connectivity index (χ1v) is 6.08. The monoisotopic (exact) mass is 274 g/mol. The zero-order chi connectivity index (χ0) is 15.0. The third kappa shape index (κ3) is 6.16. The summed E-state index contributed by atoms with van der Waals surface area (Å²) >= 11 is 0. The van der Waals surface area contributed by atoms with Crippen LogP contribution in [0.25, 0.3) is 0 Å². The molecule has 0 aliphatic rings. The summed E-state index contributed by atoms with van der Waals surface area (Å²) in [6.45, 7) is 3.20. The predicted molar refractivity (Wildman–Crippen MR) is 69.1 cm³/mol. The maximum atomic E-state index is 11.5. The Balaban J connectivity index is 4.28. The summed E-state index contributed by atoms with van der Waals surface area (Å²) in [6.07, 6.45) is 0.613. The third-order valence-corrected chi connectivity index (χ3v) is 2.81. The molecule has 19 heavy (non-hydrogen) atoms. The summed E-state index contributed by atoms with van der Waals surface area (Å²) in [7, 11) is 0. The average Bonchev–Trinajstić information content (AvgIpc) is 2.39. The molecule has 0 spiro atoms. The summed E-state index contributed by atoms with van der Waals surface area (Å²) in [4.78, 5) is 33.8. The standard InChI is InChI=1S/C11H22N4O4/c1-3-6(2)9(11(18)19)15-8(16)5-14-10(17)7(13)4-12/h6-7,9H,3-5,12-13H2,1-2H3,(H,14,17)(H,15,16)(H,18,19)/t6-,7-,9-/m0/s1. The molecule has 0 bridgehead atoms. The van der Waals surface area contributed by atoms with E-state index < -0.39 is 29.9 Å². The minimum Gasteiger partial charge on any atom is -0.480 e. The third-order valence-electron chi connectivity index (χ3n) is 2.81. The molecule has 0 aliphatic heterocycles. The molecule has 3 atom stereocenters. The highest BCUT2D eigenvalue weighted by Gasteiger charge is 2.25. The lowest BCUT2D eigenvalue weighted by atomic mass is 9.99. The van der Waals surface area contributed by atoms with Crippen LogP contribution in [0.15, 0.2) is 0 Å². The van der Waals surface area contributed by atoms with E-state index in [0.717, 1.165) is 0 Å². The number of aliphatic carboxylic acids is 1. The van der Waals surface area contributed by atoms with Gasteiger partial charge in [-0.2, -0.15) is 0 Å². The van der Waals surface area contributed by atoms with Crippen LogP contribution in [0, 0.1) is 5.92 Å². The van der Waals surface area contributed by atoms with Crippen LogP contribution in [0.2, 0.25) is 0 Å². The van der Waals surface area contributed by atoms with Crippen LogP contribution < -0.4 is 22.1 Å². The zero-order valence-corrected chi connectivity index (χ0v) is 11.2. The van der Waals surface area contributed by atoms with Crippen LogP contribution in [0.1, 0.15) is 20.3 Å². The maximum Gasteiger partial charge on any atom is 0.326 e. The van der Waals surface area contributed by atoms with Crippen LogP contribution in [0.4, 0.5) is 0 Å². The number of carboxylic acid groups (broad SMARTS) is 1. The number of hydrogen-bond donors (Lipinski definition) is 5. The Morgan fingerprint density at radius 1 is 1.32 bits per heavy atom. The number of amides is 2. The van der Waals surface area contributed by atoms with Crippen molar-refractivity contribution >= 4 is 17.8 Å². The van der Waals surface area contributed by atoms with Gasteiger partial charge in [-0.15, -0.1) is 0 Å². The molecule has 0 aliphatic carbocycles. The minimum absolute atomic E-state index is 0.0297. The number of rotatable bonds is 8. The molecule has 0 rings (SSSR count). The van der Waals surface area contributed by atoms with Gasteiger partial charge in [-0.1, -0.05) is 20.3 Å². The van der Waals surface area contributed by atoms with E-state index in [9.17, 15) is 14.4 Å². The van der Waals surface area contributed by atoms with Gasteiger partial charge in [-0.05, 0) is 5.92 Å². The van der Waals surface area contributed by atoms with Crippen molar-refractivity contribution in [2.75, 3.05) is 13.1 Å². The van der Waals surface area contributed by atoms with Crippen LogP contribution >= 0.6 is 0 Å². The van der Waals surface area contributed by atoms with E-state index in [2.05, 4.69) is 10.6 Å². The summed E-state index contributed by atoms with van der Waals surface area (Å²) in [6, 6.07) is -1.85. The second-order valence-corrected chi connectivity index (χ2v) is 4.33. The molecule has 8 nitrogen and oxygen atoms in total. The van der Waals surface area contributed by atoms with Crippen LogP contribution in [0.5, 0.6) is 0 Å². The molecular formula is C11H22N4O4. The lowest BCUT2D eigenvalue weighted by molar-refractivity contribution is -0.143. The fourth-order valence-electron chi connectivity index (χ4n) is 1.31. The van der Waals surface area contributed by atoms with Gasteiger partial charge < -0.3 is 27.2 Å². The van der Waals surface area contributed by atoms with E-state index in [1.165, 1.54) is 0 Å². The van der Waals surface area contributed by atoms with E-state index in [1.807, 2.05) is 6.92 Å². The van der Waals surface area contributed by atoms with Crippen molar-refractivity contribution < 1.29 is 19.5 Å². The Labute approximate surface area is 111 Å². The number of hydrogen-bond acceptors (Lipinski definition) is 5. The second-order valence-electron chi connectivity index (χ2n) is 4.33. The number of carbonyl (C=O) groups is 3. The first kappa shape index (κ1) is 17.3. The predicted octanol–water partition coefficient (Wildman–Crippen LogP) is -2.00. The Morgan fingerprint density at radius 2 is 1.89 bits per heavy atom. The van der Waals surface area contributed by atoms with Crippen LogP contribution in [-0.4, -0.2) is 48.1 Å². The Morgan fingerprint density at radius 3 is 2.32 bits per heavy atom. The SMILES string of the molecule is CC[C@H](C)[C@H](NC(=O)CNC(=O)[C@@H](N)CN)C(=O)O. The number of nitrogens with one attached hydrogen (secondary N) is 2. The highest BCUT2D eigenvalue weighted by Crippen LogP contribution is 2.07. The van der Waals surface area contributed by atoms with E-state index in [1.54, 1.807) is 6.92 Å². The van der Waals surface area contributed by atoms with Gasteiger partial charge >= 0.3 is 5.97 Å². The molecule has 8 heteroatoms. The summed E-state index contributed by atoms with van der Waals surface area (Å²) in [5.74, 6) is -2.44. The summed E-state index contributed by atoms with van der Waals surface area (Å²) < 4.78 is 0. The van der Waals surface area contributed by atoms with Crippen molar-refractivity contribution in [3.8, 4) is 0 Å². The smallest absolute Gasteiger partial charge is 0.326 e. The number of nitrogens with two attached hydrogens (primary N) is 2. The van der Waals surface area contributed by atoms with Gasteiger partial charge in [-0.3, -0.25) is 9.59 Å². The Kier molecular flexibility index (Phi) is 7.69. The molecule has 0 aromatic rings. The van der Waals surface area contributed by atoms with E-state index in [4.69, 9.17) is 16.6 Å². The van der Waals surface area contributed by atoms with E-state index in [0.29, 0.717) is 6.42 Å². The van der Waals surface area contributed by atoms with Gasteiger partial charge in [0.15, 0.2) is 0 Å². The maximum absolute atomic E-state index is 11.5. The molecular weight excluding hydrogens is 252 g/mol. The first-order chi connectivity index (χ1) is 8.83. The van der Waals surface area contributed by atoms with Crippen molar-refractivity contribution in [2.45, 2.75) is 32.4 Å². The molecule has 0 unspecified atom stereocenters. The average molecular weight is 274 g/mol. The van der Waals surface area contributed by atoms with Gasteiger partial charge in [0.25, 0.3) is 0 Å². The lowest BCUT2D eigenvalue weighted by Crippen LogP contribution is -2.51. The highest BCUT2D eigenvalue weighted by molar-refractivity contribution is 5.89. The van der Waals surface area contributed by atoms with Gasteiger partial charge in [0.1, 0.15) is 6.04 Å². The first-order valence-electron chi connectivity index (χ1n) is 6.08. The molecule has 110 valence electrons. The Hall–Kier alpha value is -1.67. The van der Waals surface area contributed by atoms with Gasteiger partial charge in [0, 0.05) is 6.54 Å². The van der Waals surface area contributed by atoms with Crippen molar-refractivity contribution in [1.82, 2.24) is 10.6 Å². The van der Waals surface area contributed by atoms with Crippen LogP contribution in [-0.2, 0) is 14.4 Å². The molecule has 2 amide bonds. The van der Waals surface area contributed by atoms with Crippen LogP contribution in [0.3, 0.4) is 0 Å². The molecule has 0 heterocycles. The van der Waals surface area contributed by atoms with Gasteiger partial charge in [-0.25, -0.2) is 4.79 Å². The molecule has 0 aromatic carbocycles. The van der Waals surface area contributed by atoms with E-state index in [-0.39, 0.29) is 19.0 Å². The van der Waals surface area contributed by atoms with Crippen molar-refractivity contribution in [3.63, 3.8) is 0 Å². The Bertz CT molecular complexity index is 335. The van der Waals surface area contributed by atoms with Crippen molar-refractivity contribution in [1.29, 1.82) is 0 Å². The molecule has 0 saturated carbocycles. The lowest BCUT2D eigenvalue weighted by Gasteiger charge is -2.20. The van der Waals surface area contributed by atoms with Crippen molar-refractivity contribution in [3.05, 3.63) is 0 Å². The quantitative estimate of drug-likeness (QED) is 0.346. The minimum atomic E-state index is -1.10. The van der Waals surface area contributed by atoms with Crippen molar-refractivity contribution in [2.24, 2.45) is 17.4 Å². The van der Waals surface area contributed by atoms with Gasteiger partial charge in [0.2, 0.25) is 11.8 Å². The molecule has 0 fully saturated rings. The fourth-order valence-corrected chi connectivity index (χ4v) is 1.31. The topological polar surface area (TPSA) is 148 Å². The number of carbonyl (C=O) groups excluding carboxylic acids is 2. The molecule has 0 saturated heterocycles. The zero-order valence-electron chi connectivity index (χ0n) is 11.2. The number of carboxylic acids is 1. The fraction of sp³-hybridized carbons (Fsp3) is 0.727. The second kappa shape index (κ2) is 8.44. The normalized spacial score (nSPS) is 15.2. The molecule has 0 radical (unpaired) electrons. The highest BCUT2D eigenvalue weighted by atomic mass is 16.4. The summed E-state index contributed by atoms with van der Waals surface area (Å²) in [5.41, 5.74) is 10.6. The molecule has 0 aromatic heterocycles. The molecule has 7 N–H and O–H groups in total.